The van der Waals surface area contributed by atoms with Crippen molar-refractivity contribution >= 4 is 35.0 Å². The summed E-state index contributed by atoms with van der Waals surface area (Å²) in [5.74, 6) is -2.33. The molecule has 0 amide bonds. The first-order valence-electron chi connectivity index (χ1n) is 3.35. The van der Waals surface area contributed by atoms with Gasteiger partial charge >= 0.3 is 11.9 Å². The summed E-state index contributed by atoms with van der Waals surface area (Å²) >= 11 is 0. The lowest BCUT2D eigenvalue weighted by Crippen LogP contribution is -2.09. The molecule has 0 unspecified atom stereocenters. The molecular formula is C8H6MgO5. The molecule has 1 aromatic carbocycles. The number of benzene rings is 1. The van der Waals surface area contributed by atoms with Crippen LogP contribution in [0, 0.1) is 0 Å². The molecule has 1 rings (SSSR count). The zero-order chi connectivity index (χ0) is 9.84. The van der Waals surface area contributed by atoms with E-state index in [0.29, 0.717) is 0 Å². The van der Waals surface area contributed by atoms with Crippen molar-refractivity contribution in [3.63, 3.8) is 0 Å². The number of carboxylic acid groups (broad SMARTS) is 1. The molecule has 14 heavy (non-hydrogen) atoms. The van der Waals surface area contributed by atoms with Gasteiger partial charge in [0.2, 0.25) is 0 Å². The molecule has 0 aliphatic heterocycles. The summed E-state index contributed by atoms with van der Waals surface area (Å²) in [4.78, 5) is 24.8. The average molecular weight is 206 g/mol. The minimum Gasteiger partial charge on any atom is -0.478 e. The minimum absolute atomic E-state index is 0. The smallest absolute Gasteiger partial charge is 0.373 e. The van der Waals surface area contributed by atoms with E-state index in [9.17, 15) is 9.59 Å². The highest BCUT2D eigenvalue weighted by molar-refractivity contribution is 6.02. The van der Waals surface area contributed by atoms with Crippen LogP contribution in [0.25, 0.3) is 0 Å². The fourth-order valence-corrected chi connectivity index (χ4v) is 0.897. The van der Waals surface area contributed by atoms with E-state index >= 15 is 0 Å². The monoisotopic (exact) mass is 206 g/mol. The van der Waals surface area contributed by atoms with E-state index in [0.717, 1.165) is 0 Å². The molecule has 0 aliphatic rings. The van der Waals surface area contributed by atoms with Crippen molar-refractivity contribution in [2.75, 3.05) is 0 Å². The standard InChI is InChI=1S/C8H6O5.Mg/c9-7(10)5-3-1-2-4-6(5)8(11)13-12;/h1-4,12H,(H,9,10);. The third kappa shape index (κ3) is 2.69. The summed E-state index contributed by atoms with van der Waals surface area (Å²) in [6.07, 6.45) is 0. The van der Waals surface area contributed by atoms with Crippen LogP contribution in [0.15, 0.2) is 24.3 Å². The molecule has 2 radical (unpaired) electrons. The Morgan fingerprint density at radius 1 is 1.14 bits per heavy atom. The largest absolute Gasteiger partial charge is 0.478 e. The molecule has 0 saturated heterocycles. The first-order valence-corrected chi connectivity index (χ1v) is 3.35. The van der Waals surface area contributed by atoms with Crippen molar-refractivity contribution in [3.8, 4) is 0 Å². The minimum atomic E-state index is -1.25. The molecule has 5 nitrogen and oxygen atoms in total. The summed E-state index contributed by atoms with van der Waals surface area (Å²) in [7, 11) is 0. The van der Waals surface area contributed by atoms with E-state index < -0.39 is 11.9 Å². The number of aromatic carboxylic acids is 1. The molecule has 0 bridgehead atoms. The van der Waals surface area contributed by atoms with Crippen molar-refractivity contribution in [1.29, 1.82) is 0 Å². The Balaban J connectivity index is 0.00000169. The zero-order valence-corrected chi connectivity index (χ0v) is 8.55. The van der Waals surface area contributed by atoms with Gasteiger partial charge in [-0.25, -0.2) is 9.59 Å². The highest BCUT2D eigenvalue weighted by Crippen LogP contribution is 2.09. The Morgan fingerprint density at radius 3 is 2.07 bits per heavy atom. The SMILES string of the molecule is O=C(O)c1ccccc1C(=O)OO.[Mg]. The third-order valence-electron chi connectivity index (χ3n) is 1.46. The van der Waals surface area contributed by atoms with Crippen LogP contribution in [0.1, 0.15) is 20.7 Å². The third-order valence-corrected chi connectivity index (χ3v) is 1.46. The van der Waals surface area contributed by atoms with Crippen LogP contribution in [0.5, 0.6) is 0 Å². The maximum Gasteiger partial charge on any atom is 0.373 e. The van der Waals surface area contributed by atoms with E-state index in [4.69, 9.17) is 10.4 Å². The number of rotatable bonds is 2. The van der Waals surface area contributed by atoms with Gasteiger partial charge in [-0.05, 0) is 12.1 Å². The zero-order valence-electron chi connectivity index (χ0n) is 7.14. The van der Waals surface area contributed by atoms with Gasteiger partial charge in [0.1, 0.15) is 0 Å². The van der Waals surface area contributed by atoms with Gasteiger partial charge in [-0.15, -0.1) is 0 Å². The lowest BCUT2D eigenvalue weighted by molar-refractivity contribution is -0.182. The highest BCUT2D eigenvalue weighted by Gasteiger charge is 2.16. The molecule has 0 spiro atoms. The highest BCUT2D eigenvalue weighted by atomic mass is 24.3. The molecule has 6 heteroatoms. The predicted molar refractivity (Wildman–Crippen MR) is 47.2 cm³/mol. The Labute approximate surface area is 95.4 Å². The van der Waals surface area contributed by atoms with Gasteiger partial charge in [-0.3, -0.25) is 4.89 Å². The predicted octanol–water partition coefficient (Wildman–Crippen LogP) is 0.634. The quantitative estimate of drug-likeness (QED) is 0.421. The molecule has 2 N–H and O–H groups in total. The fraction of sp³-hybridized carbons (Fsp3) is 0. The topological polar surface area (TPSA) is 83.8 Å². The van der Waals surface area contributed by atoms with Crippen LogP contribution in [-0.2, 0) is 4.89 Å². The maximum atomic E-state index is 10.8. The lowest BCUT2D eigenvalue weighted by Gasteiger charge is -2.00. The molecule has 0 heterocycles. The van der Waals surface area contributed by atoms with Gasteiger partial charge in [0.15, 0.2) is 0 Å². The van der Waals surface area contributed by atoms with Crippen LogP contribution in [0.3, 0.4) is 0 Å². The molecule has 70 valence electrons. The number of hydrogen-bond donors (Lipinski definition) is 2. The molecule has 0 aliphatic carbocycles. The Morgan fingerprint density at radius 2 is 1.64 bits per heavy atom. The second-order valence-corrected chi connectivity index (χ2v) is 2.23. The van der Waals surface area contributed by atoms with Crippen molar-refractivity contribution < 1.29 is 24.8 Å². The number of hydrogen-bond acceptors (Lipinski definition) is 4. The first kappa shape index (κ1) is 12.9. The van der Waals surface area contributed by atoms with Gasteiger partial charge in [0.05, 0.1) is 11.1 Å². The number of carboxylic acids is 1. The van der Waals surface area contributed by atoms with Gasteiger partial charge in [-0.2, -0.15) is 5.26 Å². The molecule has 1 aromatic rings. The van der Waals surface area contributed by atoms with E-state index in [-0.39, 0.29) is 34.2 Å². The van der Waals surface area contributed by atoms with Gasteiger partial charge in [0, 0.05) is 23.1 Å². The molecular weight excluding hydrogens is 200 g/mol. The van der Waals surface area contributed by atoms with Crippen LogP contribution >= 0.6 is 0 Å². The van der Waals surface area contributed by atoms with Gasteiger partial charge in [-0.1, -0.05) is 12.1 Å². The molecule has 0 aromatic heterocycles. The molecule has 0 atom stereocenters. The Hall–Kier alpha value is -1.11. The second kappa shape index (κ2) is 5.58. The molecule has 0 saturated carbocycles. The van der Waals surface area contributed by atoms with Crippen molar-refractivity contribution in [2.45, 2.75) is 0 Å². The van der Waals surface area contributed by atoms with Crippen molar-refractivity contribution in [2.24, 2.45) is 0 Å². The maximum absolute atomic E-state index is 10.8. The number of carbonyl (C=O) groups is 2. The van der Waals surface area contributed by atoms with Crippen molar-refractivity contribution in [3.05, 3.63) is 35.4 Å². The normalized spacial score (nSPS) is 8.64. The van der Waals surface area contributed by atoms with E-state index in [1.54, 1.807) is 0 Å². The number of carbonyl (C=O) groups excluding carboxylic acids is 1. The van der Waals surface area contributed by atoms with Crippen LogP contribution in [0.4, 0.5) is 0 Å². The van der Waals surface area contributed by atoms with Crippen LogP contribution in [-0.4, -0.2) is 45.4 Å². The average Bonchev–Trinajstić information content (AvgIpc) is 2.16. The Bertz CT molecular complexity index is 349. The summed E-state index contributed by atoms with van der Waals surface area (Å²) in [6.45, 7) is 0. The van der Waals surface area contributed by atoms with E-state index in [1.807, 2.05) is 0 Å². The van der Waals surface area contributed by atoms with Gasteiger partial charge < -0.3 is 5.11 Å². The van der Waals surface area contributed by atoms with Crippen LogP contribution < -0.4 is 0 Å². The van der Waals surface area contributed by atoms with Crippen molar-refractivity contribution in [1.82, 2.24) is 0 Å². The summed E-state index contributed by atoms with van der Waals surface area (Å²) in [5.41, 5.74) is -0.390. The summed E-state index contributed by atoms with van der Waals surface area (Å²) in [6, 6.07) is 5.44. The summed E-state index contributed by atoms with van der Waals surface area (Å²) in [5, 5.41) is 16.7. The van der Waals surface area contributed by atoms with E-state index in [1.165, 1.54) is 24.3 Å². The second-order valence-electron chi connectivity index (χ2n) is 2.23. The van der Waals surface area contributed by atoms with Crippen LogP contribution in [0.2, 0.25) is 0 Å². The summed E-state index contributed by atoms with van der Waals surface area (Å²) < 4.78 is 0. The van der Waals surface area contributed by atoms with Gasteiger partial charge in [0.25, 0.3) is 0 Å². The lowest BCUT2D eigenvalue weighted by atomic mass is 10.1. The first-order chi connectivity index (χ1) is 6.16. The fourth-order valence-electron chi connectivity index (χ4n) is 0.897. The van der Waals surface area contributed by atoms with E-state index in [2.05, 4.69) is 4.89 Å². The molecule has 0 fully saturated rings. The Kier molecular flexibility index (Phi) is 5.14.